The number of rotatable bonds is 11. The highest BCUT2D eigenvalue weighted by atomic mass is 16.7. The van der Waals surface area contributed by atoms with Crippen LogP contribution >= 0.6 is 0 Å². The first-order chi connectivity index (χ1) is 27.3. The van der Waals surface area contributed by atoms with Gasteiger partial charge in [0.05, 0.1) is 47.4 Å². The van der Waals surface area contributed by atoms with Gasteiger partial charge in [0.2, 0.25) is 0 Å². The molecule has 0 aromatic carbocycles. The molecule has 5 heterocycles. The maximum Gasteiger partial charge on any atom is 0.410 e. The summed E-state index contributed by atoms with van der Waals surface area (Å²) in [5, 5.41) is 10.9. The predicted octanol–water partition coefficient (Wildman–Crippen LogP) is 6.47. The highest BCUT2D eigenvalue weighted by Crippen LogP contribution is 2.44. The molecule has 1 N–H and O–H groups in total. The van der Waals surface area contributed by atoms with Crippen molar-refractivity contribution in [3.05, 3.63) is 37.1 Å². The molecule has 14 atom stereocenters. The van der Waals surface area contributed by atoms with E-state index in [1.165, 1.54) is 0 Å². The monoisotopic (exact) mass is 812 g/mol. The van der Waals surface area contributed by atoms with Gasteiger partial charge in [-0.05, 0) is 84.3 Å². The van der Waals surface area contributed by atoms with Crippen molar-refractivity contribution in [2.24, 2.45) is 29.6 Å². The lowest BCUT2D eigenvalue weighted by molar-refractivity contribution is -0.298. The van der Waals surface area contributed by atoms with E-state index < -0.39 is 83.4 Å². The molecule has 14 nitrogen and oxygen atoms in total. The highest BCUT2D eigenvalue weighted by molar-refractivity contribution is 5.85. The smallest absolute Gasteiger partial charge is 0.410 e. The van der Waals surface area contributed by atoms with E-state index in [9.17, 15) is 19.5 Å². The molecule has 2 aromatic heterocycles. The summed E-state index contributed by atoms with van der Waals surface area (Å²) in [5.41, 5.74) is -1.30. The Morgan fingerprint density at radius 3 is 2.28 bits per heavy atom. The number of Topliss-reactive ketones (excluding diaryl/α,β-unsaturated/α-hetero) is 1. The zero-order chi connectivity index (χ0) is 42.7. The fourth-order valence-corrected chi connectivity index (χ4v) is 9.77. The van der Waals surface area contributed by atoms with Crippen LogP contribution in [0, 0.1) is 29.6 Å². The van der Waals surface area contributed by atoms with Gasteiger partial charge in [-0.15, -0.1) is 0 Å². The molecule has 3 aliphatic heterocycles. The fourth-order valence-electron chi connectivity index (χ4n) is 9.77. The number of cyclic esters (lactones) is 1. The van der Waals surface area contributed by atoms with E-state index in [4.69, 9.17) is 28.4 Å². The molecule has 0 spiro atoms. The number of imidazole rings is 1. The number of ketones is 1. The second kappa shape index (κ2) is 18.5. The summed E-state index contributed by atoms with van der Waals surface area (Å²) >= 11 is 0. The molecule has 5 rings (SSSR count). The Morgan fingerprint density at radius 2 is 1.64 bits per heavy atom. The Labute approximate surface area is 344 Å². The summed E-state index contributed by atoms with van der Waals surface area (Å²) < 4.78 is 39.6. The Balaban J connectivity index is 1.43. The summed E-state index contributed by atoms with van der Waals surface area (Å²) in [6.45, 7) is 20.0. The average molecular weight is 813 g/mol. The van der Waals surface area contributed by atoms with Gasteiger partial charge in [0.15, 0.2) is 11.9 Å². The van der Waals surface area contributed by atoms with Crippen LogP contribution in [-0.2, 0) is 44.6 Å². The number of aryl methyl sites for hydroxylation is 1. The average Bonchev–Trinajstić information content (AvgIpc) is 3.79. The van der Waals surface area contributed by atoms with Crippen LogP contribution in [-0.4, -0.2) is 117 Å². The van der Waals surface area contributed by atoms with E-state index in [0.717, 1.165) is 17.7 Å². The Bertz CT molecular complexity index is 1710. The second-order valence-electron chi connectivity index (χ2n) is 17.8. The zero-order valence-electron chi connectivity index (χ0n) is 36.7. The van der Waals surface area contributed by atoms with Crippen molar-refractivity contribution < 1.29 is 47.9 Å². The normalized spacial score (nSPS) is 39.2. The topological polar surface area (TPSA) is 161 Å². The number of aliphatic hydroxyl groups excluding tert-OH is 1. The van der Waals surface area contributed by atoms with Gasteiger partial charge in [0.25, 0.3) is 0 Å². The third-order valence-electron chi connectivity index (χ3n) is 13.9. The van der Waals surface area contributed by atoms with Crippen molar-refractivity contribution in [1.82, 2.24) is 19.4 Å². The molecule has 0 unspecified atom stereocenters. The van der Waals surface area contributed by atoms with E-state index in [1.807, 2.05) is 64.4 Å². The number of nitrogens with zero attached hydrogens (tertiary/aromatic N) is 4. The molecular formula is C44H68N4O10. The largest absolute Gasteiger partial charge is 0.458 e. The number of fused-ring (bicyclic) bond motifs is 1. The molecule has 0 radical (unpaired) electrons. The molecule has 3 fully saturated rings. The minimum Gasteiger partial charge on any atom is -0.458 e. The molecule has 1 amide bonds. The van der Waals surface area contributed by atoms with Crippen LogP contribution < -0.4 is 0 Å². The molecule has 14 heteroatoms. The van der Waals surface area contributed by atoms with Gasteiger partial charge in [-0.3, -0.25) is 14.6 Å². The van der Waals surface area contributed by atoms with Gasteiger partial charge in [-0.25, -0.2) is 9.78 Å². The van der Waals surface area contributed by atoms with Crippen molar-refractivity contribution >= 4 is 17.8 Å². The summed E-state index contributed by atoms with van der Waals surface area (Å²) in [5.74, 6) is -2.91. The van der Waals surface area contributed by atoms with Crippen molar-refractivity contribution in [3.8, 4) is 11.3 Å². The van der Waals surface area contributed by atoms with Crippen molar-refractivity contribution in [3.63, 3.8) is 0 Å². The van der Waals surface area contributed by atoms with Gasteiger partial charge in [-0.1, -0.05) is 34.6 Å². The number of carbonyl (C=O) groups excluding carboxylic acids is 3. The van der Waals surface area contributed by atoms with E-state index in [1.54, 1.807) is 58.6 Å². The quantitative estimate of drug-likeness (QED) is 0.195. The van der Waals surface area contributed by atoms with Crippen LogP contribution in [0.4, 0.5) is 4.79 Å². The molecule has 3 saturated heterocycles. The maximum atomic E-state index is 14.6. The van der Waals surface area contributed by atoms with Crippen LogP contribution in [0.5, 0.6) is 0 Å². The third kappa shape index (κ3) is 9.16. The molecule has 58 heavy (non-hydrogen) atoms. The van der Waals surface area contributed by atoms with Crippen LogP contribution in [0.1, 0.15) is 101 Å². The SMILES string of the molecule is CC[C@H]1OC(=O)[C@H](C)[C@@H](O[C@H]2C[C@@](C)(OC)[C@@H](O)[C@H](C)O2)[C@H](C)[C@@H](C)[C@](C)(OC)C[C@@H](C)C(=O)[C@H](C)[C@H]2N(CCCCn3cnc(-c4cccnc4)c3)C(=O)O[C@]12C. The number of unbranched alkanes of at least 4 members (excludes halogenated alkanes) is 1. The molecule has 0 aliphatic carbocycles. The van der Waals surface area contributed by atoms with E-state index in [-0.39, 0.29) is 24.0 Å². The minimum absolute atomic E-state index is 0.0228. The van der Waals surface area contributed by atoms with Gasteiger partial charge >= 0.3 is 12.1 Å². The summed E-state index contributed by atoms with van der Waals surface area (Å²) in [6, 6.07) is 3.14. The standard InChI is InChI=1S/C44H68N4O10/c1-13-34-44(10)38(48(41(52)58-44)20-15-14-19-47-24-33(46-25-47)32-17-16-18-45-23-32)28(4)36(49)26(2)21-42(8,53-11)30(6)27(3)37(29(5)40(51)56-34)57-35-22-43(9,54-12)39(50)31(7)55-35/h16-18,23-31,34-35,37-39,50H,13-15,19-22H2,1-12H3/t26-,27-,28+,29-,30-,31+,34-,35+,37+,38-,39+,42-,43-,44-/m1/s1. The highest BCUT2D eigenvalue weighted by Gasteiger charge is 2.60. The van der Waals surface area contributed by atoms with Crippen molar-refractivity contribution in [1.29, 1.82) is 0 Å². The number of hydrogen-bond acceptors (Lipinski definition) is 12. The first-order valence-electron chi connectivity index (χ1n) is 21.1. The molecule has 324 valence electrons. The van der Waals surface area contributed by atoms with E-state index in [2.05, 4.69) is 16.9 Å². The molecule has 3 aliphatic rings. The fraction of sp³-hybridized carbons (Fsp3) is 0.750. The molecule has 2 aromatic rings. The summed E-state index contributed by atoms with van der Waals surface area (Å²) in [4.78, 5) is 53.4. The van der Waals surface area contributed by atoms with Gasteiger partial charge < -0.3 is 43.0 Å². The lowest BCUT2D eigenvalue weighted by atomic mass is 9.70. The predicted molar refractivity (Wildman–Crippen MR) is 216 cm³/mol. The number of ether oxygens (including phenoxy) is 6. The Morgan fingerprint density at radius 1 is 0.948 bits per heavy atom. The van der Waals surface area contributed by atoms with Gasteiger partial charge in [-0.2, -0.15) is 0 Å². The van der Waals surface area contributed by atoms with Gasteiger partial charge in [0.1, 0.15) is 18.0 Å². The second-order valence-corrected chi connectivity index (χ2v) is 17.8. The molecule has 0 saturated carbocycles. The first-order valence-corrected chi connectivity index (χ1v) is 21.1. The van der Waals surface area contributed by atoms with Gasteiger partial charge in [0, 0.05) is 69.7 Å². The van der Waals surface area contributed by atoms with Crippen LogP contribution in [0.3, 0.4) is 0 Å². The lowest BCUT2D eigenvalue weighted by Crippen LogP contribution is -2.59. The number of hydrogen-bond donors (Lipinski definition) is 1. The first kappa shape index (κ1) is 45.7. The Hall–Kier alpha value is -3.43. The number of pyridine rings is 1. The number of aliphatic hydroxyl groups is 1. The van der Waals surface area contributed by atoms with Crippen molar-refractivity contribution in [2.45, 2.75) is 161 Å². The minimum atomic E-state index is -1.33. The third-order valence-corrected chi connectivity index (χ3v) is 13.9. The number of amides is 1. The number of esters is 1. The van der Waals surface area contributed by atoms with E-state index >= 15 is 0 Å². The van der Waals surface area contributed by atoms with Crippen LogP contribution in [0.15, 0.2) is 37.1 Å². The van der Waals surface area contributed by atoms with E-state index in [0.29, 0.717) is 32.4 Å². The zero-order valence-corrected chi connectivity index (χ0v) is 36.7. The Kier molecular flexibility index (Phi) is 14.5. The maximum absolute atomic E-state index is 14.6. The molecule has 0 bridgehead atoms. The number of carbonyl (C=O) groups is 3. The number of methoxy groups -OCH3 is 2. The summed E-state index contributed by atoms with van der Waals surface area (Å²) in [6.07, 6.45) is 5.25. The van der Waals surface area contributed by atoms with Crippen molar-refractivity contribution in [2.75, 3.05) is 20.8 Å². The molecular weight excluding hydrogens is 745 g/mol. The summed E-state index contributed by atoms with van der Waals surface area (Å²) in [7, 11) is 3.20. The number of aromatic nitrogens is 3. The van der Waals surface area contributed by atoms with Crippen LogP contribution in [0.25, 0.3) is 11.3 Å². The van der Waals surface area contributed by atoms with Crippen LogP contribution in [0.2, 0.25) is 0 Å². The lowest BCUT2D eigenvalue weighted by Gasteiger charge is -2.48.